The first-order valence-electron chi connectivity index (χ1n) is 8.77. The van der Waals surface area contributed by atoms with Crippen molar-refractivity contribution in [3.05, 3.63) is 11.6 Å². The topological polar surface area (TPSA) is 48.0 Å². The third-order valence-corrected chi connectivity index (χ3v) is 5.49. The number of hydrogen-bond donors (Lipinski definition) is 0. The van der Waals surface area contributed by atoms with Crippen LogP contribution in [-0.2, 0) is 19.0 Å². The Balaban J connectivity index is 0.000000924. The van der Waals surface area contributed by atoms with Crippen LogP contribution in [0.4, 0.5) is 0 Å². The summed E-state index contributed by atoms with van der Waals surface area (Å²) >= 11 is 0. The number of carbonyl (C=O) groups is 1. The molecule has 4 atom stereocenters. The maximum Gasteiger partial charge on any atom is 0.331 e. The van der Waals surface area contributed by atoms with Crippen LogP contribution in [-0.4, -0.2) is 55.6 Å². The molecular weight excluding hydrogens is 294 g/mol. The second-order valence-corrected chi connectivity index (χ2v) is 6.56. The molecular formula is C18H31NO4. The van der Waals surface area contributed by atoms with Crippen molar-refractivity contribution >= 4 is 5.97 Å². The molecule has 3 aliphatic rings. The summed E-state index contributed by atoms with van der Waals surface area (Å²) in [5.41, 5.74) is 0.667. The van der Waals surface area contributed by atoms with Crippen molar-refractivity contribution in [1.29, 1.82) is 0 Å². The van der Waals surface area contributed by atoms with Crippen LogP contribution < -0.4 is 0 Å². The lowest BCUT2D eigenvalue weighted by molar-refractivity contribution is -0.158. The minimum absolute atomic E-state index is 0.195. The maximum absolute atomic E-state index is 11.8. The molecule has 0 radical (unpaired) electrons. The molecule has 2 fully saturated rings. The molecule has 5 nitrogen and oxygen atoms in total. The minimum atomic E-state index is -0.492. The van der Waals surface area contributed by atoms with Gasteiger partial charge in [-0.1, -0.05) is 20.8 Å². The van der Waals surface area contributed by atoms with E-state index < -0.39 is 5.60 Å². The summed E-state index contributed by atoms with van der Waals surface area (Å²) in [4.78, 5) is 14.3. The molecule has 0 N–H and O–H groups in total. The van der Waals surface area contributed by atoms with Gasteiger partial charge in [0.15, 0.2) is 6.29 Å². The summed E-state index contributed by atoms with van der Waals surface area (Å²) in [6, 6.07) is 0.450. The molecule has 2 saturated heterocycles. The number of hydrogen-bond acceptors (Lipinski definition) is 5. The van der Waals surface area contributed by atoms with Crippen LogP contribution in [0.1, 0.15) is 47.0 Å². The highest BCUT2D eigenvalue weighted by atomic mass is 16.7. The molecule has 0 aromatic carbocycles. The highest BCUT2D eigenvalue weighted by Gasteiger charge is 2.55. The smallest absolute Gasteiger partial charge is 0.331 e. The van der Waals surface area contributed by atoms with Crippen LogP contribution in [0, 0.1) is 5.92 Å². The van der Waals surface area contributed by atoms with E-state index in [-0.39, 0.29) is 24.3 Å². The highest BCUT2D eigenvalue weighted by molar-refractivity contribution is 5.87. The van der Waals surface area contributed by atoms with Gasteiger partial charge >= 0.3 is 5.97 Å². The second-order valence-electron chi connectivity index (χ2n) is 6.56. The fraction of sp³-hybridized carbons (Fsp3) is 0.833. The monoisotopic (exact) mass is 325 g/mol. The van der Waals surface area contributed by atoms with Gasteiger partial charge in [0.05, 0.1) is 12.1 Å². The molecule has 3 unspecified atom stereocenters. The Morgan fingerprint density at radius 1 is 1.26 bits per heavy atom. The van der Waals surface area contributed by atoms with Crippen molar-refractivity contribution in [2.24, 2.45) is 5.92 Å². The standard InChI is InChI=1S/C16H25NO4.C2H6/c1-10-7-8-17-12(15(19-3)20-4)5-6-13(17)16(2)11(10)9-14(18)21-16;1-2/h9-10,12-13,15H,5-8H2,1-4H3;1-2H3/t10?,12?,13?,16-;/m0./s1. The van der Waals surface area contributed by atoms with E-state index >= 15 is 0 Å². The van der Waals surface area contributed by atoms with E-state index in [0.29, 0.717) is 5.92 Å². The number of ether oxygens (including phenoxy) is 3. The van der Waals surface area contributed by atoms with E-state index in [4.69, 9.17) is 14.2 Å². The summed E-state index contributed by atoms with van der Waals surface area (Å²) < 4.78 is 16.7. The van der Waals surface area contributed by atoms with E-state index in [1.807, 2.05) is 13.8 Å². The quantitative estimate of drug-likeness (QED) is 0.590. The van der Waals surface area contributed by atoms with E-state index in [1.54, 1.807) is 20.3 Å². The Bertz CT molecular complexity index is 460. The molecule has 0 bridgehead atoms. The van der Waals surface area contributed by atoms with Gasteiger partial charge in [-0.05, 0) is 44.2 Å². The van der Waals surface area contributed by atoms with Crippen molar-refractivity contribution < 1.29 is 19.0 Å². The second kappa shape index (κ2) is 7.32. The molecule has 3 heterocycles. The van der Waals surface area contributed by atoms with Crippen molar-refractivity contribution in [3.8, 4) is 0 Å². The molecule has 0 saturated carbocycles. The summed E-state index contributed by atoms with van der Waals surface area (Å²) in [5.74, 6) is 0.177. The van der Waals surface area contributed by atoms with Crippen molar-refractivity contribution in [2.75, 3.05) is 20.8 Å². The predicted molar refractivity (Wildman–Crippen MR) is 89.0 cm³/mol. The van der Waals surface area contributed by atoms with Gasteiger partial charge in [-0.2, -0.15) is 0 Å². The first-order chi connectivity index (χ1) is 11.0. The maximum atomic E-state index is 11.8. The predicted octanol–water partition coefficient (Wildman–Crippen LogP) is 2.75. The number of esters is 1. The Labute approximate surface area is 140 Å². The van der Waals surface area contributed by atoms with E-state index in [2.05, 4.69) is 18.7 Å². The van der Waals surface area contributed by atoms with Gasteiger partial charge in [0.2, 0.25) is 0 Å². The van der Waals surface area contributed by atoms with Crippen LogP contribution in [0.25, 0.3) is 0 Å². The fourth-order valence-corrected chi connectivity index (χ4v) is 4.47. The largest absolute Gasteiger partial charge is 0.450 e. The van der Waals surface area contributed by atoms with E-state index in [9.17, 15) is 4.79 Å². The average molecular weight is 325 g/mol. The molecule has 0 aromatic rings. The van der Waals surface area contributed by atoms with Gasteiger partial charge in [0.1, 0.15) is 5.60 Å². The molecule has 0 aliphatic carbocycles. The fourth-order valence-electron chi connectivity index (χ4n) is 4.47. The molecule has 0 amide bonds. The van der Waals surface area contributed by atoms with Crippen LogP contribution >= 0.6 is 0 Å². The summed E-state index contributed by atoms with van der Waals surface area (Å²) in [7, 11) is 3.37. The minimum Gasteiger partial charge on any atom is -0.450 e. The molecule has 3 rings (SSSR count). The lowest BCUT2D eigenvalue weighted by Gasteiger charge is -2.39. The van der Waals surface area contributed by atoms with Crippen LogP contribution in [0.3, 0.4) is 0 Å². The SMILES string of the molecule is CC.COC(OC)C1CCC2N1CCC(C)C1=CC(=O)O[C@@]12C. The van der Waals surface area contributed by atoms with Crippen molar-refractivity contribution in [1.82, 2.24) is 4.90 Å². The number of rotatable bonds is 3. The lowest BCUT2D eigenvalue weighted by Crippen LogP contribution is -2.52. The summed E-state index contributed by atoms with van der Waals surface area (Å²) in [6.45, 7) is 9.25. The third-order valence-electron chi connectivity index (χ3n) is 5.49. The van der Waals surface area contributed by atoms with Crippen LogP contribution in [0.2, 0.25) is 0 Å². The lowest BCUT2D eigenvalue weighted by atomic mass is 9.81. The first-order valence-corrected chi connectivity index (χ1v) is 8.77. The normalized spacial score (nSPS) is 36.6. The third kappa shape index (κ3) is 3.06. The van der Waals surface area contributed by atoms with Gasteiger partial charge in [-0.15, -0.1) is 0 Å². The van der Waals surface area contributed by atoms with Gasteiger partial charge in [-0.3, -0.25) is 4.90 Å². The number of nitrogens with zero attached hydrogens (tertiary/aromatic N) is 1. The zero-order valence-electron chi connectivity index (χ0n) is 15.3. The Kier molecular flexibility index (Phi) is 5.87. The zero-order valence-corrected chi connectivity index (χ0v) is 15.3. The van der Waals surface area contributed by atoms with Gasteiger partial charge in [0.25, 0.3) is 0 Å². The van der Waals surface area contributed by atoms with E-state index in [1.165, 1.54) is 0 Å². The number of fused-ring (bicyclic) bond motifs is 3. The molecule has 0 spiro atoms. The molecule has 3 aliphatic heterocycles. The van der Waals surface area contributed by atoms with Gasteiger partial charge in [-0.25, -0.2) is 4.79 Å². The average Bonchev–Trinajstić information content (AvgIpc) is 3.08. The molecule has 132 valence electrons. The van der Waals surface area contributed by atoms with Crippen molar-refractivity contribution in [2.45, 2.75) is 70.9 Å². The van der Waals surface area contributed by atoms with Gasteiger partial charge < -0.3 is 14.2 Å². The van der Waals surface area contributed by atoms with Crippen LogP contribution in [0.5, 0.6) is 0 Å². The molecule has 0 aromatic heterocycles. The Morgan fingerprint density at radius 3 is 2.52 bits per heavy atom. The number of carbonyl (C=O) groups excluding carboxylic acids is 1. The summed E-state index contributed by atoms with van der Waals surface area (Å²) in [5, 5.41) is 0. The number of methoxy groups -OCH3 is 2. The molecule has 5 heteroatoms. The molecule has 23 heavy (non-hydrogen) atoms. The van der Waals surface area contributed by atoms with Crippen LogP contribution in [0.15, 0.2) is 11.6 Å². The highest BCUT2D eigenvalue weighted by Crippen LogP contribution is 2.47. The van der Waals surface area contributed by atoms with Crippen molar-refractivity contribution in [3.63, 3.8) is 0 Å². The summed E-state index contributed by atoms with van der Waals surface area (Å²) in [6.07, 6.45) is 4.53. The Hall–Kier alpha value is -0.910. The van der Waals surface area contributed by atoms with Gasteiger partial charge in [0, 0.05) is 20.3 Å². The Morgan fingerprint density at radius 2 is 1.91 bits per heavy atom. The zero-order chi connectivity index (χ0) is 17.2. The first kappa shape index (κ1) is 18.4. The van der Waals surface area contributed by atoms with E-state index in [0.717, 1.165) is 31.4 Å².